The van der Waals surface area contributed by atoms with Gasteiger partial charge in [0.2, 0.25) is 11.6 Å². The molecule has 0 fully saturated rings. The van der Waals surface area contributed by atoms with E-state index >= 15 is 0 Å². The minimum atomic E-state index is -4.43. The van der Waals surface area contributed by atoms with Crippen molar-refractivity contribution >= 4 is 17.9 Å². The van der Waals surface area contributed by atoms with Crippen LogP contribution in [0.2, 0.25) is 0 Å². The number of carbonyl (C=O) groups excluding carboxylic acids is 1. The lowest BCUT2D eigenvalue weighted by atomic mass is 10.1. The Morgan fingerprint density at radius 1 is 1.21 bits per heavy atom. The van der Waals surface area contributed by atoms with Crippen LogP contribution in [0.4, 0.5) is 19.0 Å². The van der Waals surface area contributed by atoms with Crippen LogP contribution in [0.3, 0.4) is 0 Å². The Morgan fingerprint density at radius 3 is 2.44 bits per heavy atom. The number of carbonyl (C=O) groups is 1. The molecule has 0 atom stereocenters. The molecule has 0 bridgehead atoms. The van der Waals surface area contributed by atoms with E-state index in [0.29, 0.717) is 17.8 Å². The van der Waals surface area contributed by atoms with E-state index in [4.69, 9.17) is 5.73 Å². The first-order valence-corrected chi connectivity index (χ1v) is 10.5. The second-order valence-electron chi connectivity index (χ2n) is 7.36. The Labute approximate surface area is 192 Å². The minimum Gasteiger partial charge on any atom is -0.378 e. The average Bonchev–Trinajstić information content (AvgIpc) is 3.39. The van der Waals surface area contributed by atoms with Gasteiger partial charge in [-0.05, 0) is 53.9 Å². The van der Waals surface area contributed by atoms with Gasteiger partial charge in [0.15, 0.2) is 5.69 Å². The second kappa shape index (κ2) is 10.9. The van der Waals surface area contributed by atoms with Gasteiger partial charge in [-0.2, -0.15) is 23.0 Å². The lowest BCUT2D eigenvalue weighted by Gasteiger charge is -2.21. The molecule has 2 heterocycles. The van der Waals surface area contributed by atoms with Crippen LogP contribution in [0.15, 0.2) is 34.0 Å². The molecule has 1 amide bonds. The van der Waals surface area contributed by atoms with Crippen LogP contribution < -0.4 is 11.2 Å². The molecular formula is C20H24F3N9O2. The topological polar surface area (TPSA) is 140 Å². The highest BCUT2D eigenvalue weighted by atomic mass is 19.4. The fourth-order valence-electron chi connectivity index (χ4n) is 3.22. The van der Waals surface area contributed by atoms with Crippen molar-refractivity contribution in [1.29, 1.82) is 0 Å². The standard InChI is InChI=1S/C20H24F3N9O2/c1-3-9-31(10-4-2)12-15-16(26-30-32(15)18-17(24)28-34-29-18)19(33)27-25-11-13-5-7-14(8-6-13)20(21,22)23/h5-8,11H,3-4,9-10,12H2,1-2H3,(H2,24,28)(H,27,33)/b25-11+. The molecule has 2 aromatic heterocycles. The Hall–Kier alpha value is -3.81. The van der Waals surface area contributed by atoms with Gasteiger partial charge < -0.3 is 5.73 Å². The number of nitrogens with one attached hydrogen (secondary N) is 1. The third kappa shape index (κ3) is 5.95. The first-order chi connectivity index (χ1) is 16.2. The fourth-order valence-corrected chi connectivity index (χ4v) is 3.22. The molecule has 3 rings (SSSR count). The smallest absolute Gasteiger partial charge is 0.378 e. The van der Waals surface area contributed by atoms with Crippen molar-refractivity contribution in [3.05, 3.63) is 46.8 Å². The first-order valence-electron chi connectivity index (χ1n) is 10.5. The van der Waals surface area contributed by atoms with Gasteiger partial charge in [0, 0.05) is 6.54 Å². The van der Waals surface area contributed by atoms with E-state index < -0.39 is 17.6 Å². The molecule has 182 valence electrons. The summed E-state index contributed by atoms with van der Waals surface area (Å²) >= 11 is 0. The Kier molecular flexibility index (Phi) is 7.94. The molecule has 14 heteroatoms. The maximum absolute atomic E-state index is 12.8. The predicted molar refractivity (Wildman–Crippen MR) is 116 cm³/mol. The lowest BCUT2D eigenvalue weighted by Crippen LogP contribution is -2.28. The Balaban J connectivity index is 1.82. The Bertz CT molecular complexity index is 1120. The van der Waals surface area contributed by atoms with Crippen molar-refractivity contribution in [2.75, 3.05) is 18.8 Å². The van der Waals surface area contributed by atoms with Crippen molar-refractivity contribution in [3.63, 3.8) is 0 Å². The number of alkyl halides is 3. The molecule has 0 spiro atoms. The number of hydrogen-bond donors (Lipinski definition) is 2. The van der Waals surface area contributed by atoms with E-state index in [1.807, 2.05) is 13.8 Å². The maximum atomic E-state index is 12.8. The number of aromatic nitrogens is 5. The highest BCUT2D eigenvalue weighted by molar-refractivity contribution is 5.94. The summed E-state index contributed by atoms with van der Waals surface area (Å²) in [6, 6.07) is 4.35. The van der Waals surface area contributed by atoms with Gasteiger partial charge in [-0.3, -0.25) is 9.69 Å². The number of anilines is 1. The largest absolute Gasteiger partial charge is 0.416 e. The third-order valence-electron chi connectivity index (χ3n) is 4.75. The molecular weight excluding hydrogens is 455 g/mol. The van der Waals surface area contributed by atoms with E-state index in [0.717, 1.165) is 38.1 Å². The van der Waals surface area contributed by atoms with E-state index in [-0.39, 0.29) is 17.3 Å². The minimum absolute atomic E-state index is 0.0100. The van der Waals surface area contributed by atoms with Crippen molar-refractivity contribution in [2.45, 2.75) is 39.4 Å². The summed E-state index contributed by atoms with van der Waals surface area (Å²) in [6.45, 7) is 5.96. The molecule has 0 aliphatic rings. The van der Waals surface area contributed by atoms with Gasteiger partial charge in [-0.1, -0.05) is 31.2 Å². The van der Waals surface area contributed by atoms with Crippen molar-refractivity contribution in [2.24, 2.45) is 5.10 Å². The predicted octanol–water partition coefficient (Wildman–Crippen LogP) is 2.64. The molecule has 3 N–H and O–H groups in total. The fraction of sp³-hybridized carbons (Fsp3) is 0.400. The molecule has 1 aromatic carbocycles. The van der Waals surface area contributed by atoms with Gasteiger partial charge in [0.25, 0.3) is 5.91 Å². The van der Waals surface area contributed by atoms with Gasteiger partial charge in [0.1, 0.15) is 0 Å². The van der Waals surface area contributed by atoms with E-state index in [9.17, 15) is 18.0 Å². The number of benzene rings is 1. The van der Waals surface area contributed by atoms with Crippen LogP contribution in [-0.2, 0) is 12.7 Å². The quantitative estimate of drug-likeness (QED) is 0.334. The van der Waals surface area contributed by atoms with Crippen LogP contribution >= 0.6 is 0 Å². The van der Waals surface area contributed by atoms with Crippen LogP contribution in [0.25, 0.3) is 5.82 Å². The molecule has 34 heavy (non-hydrogen) atoms. The second-order valence-corrected chi connectivity index (χ2v) is 7.36. The summed E-state index contributed by atoms with van der Waals surface area (Å²) in [5.74, 6) is -0.578. The lowest BCUT2D eigenvalue weighted by molar-refractivity contribution is -0.137. The SMILES string of the molecule is CCCN(CCC)Cc1c(C(=O)N/N=C/c2ccc(C(F)(F)F)cc2)nnn1-c1nonc1N. The summed E-state index contributed by atoms with van der Waals surface area (Å²) < 4.78 is 44.0. The molecule has 0 aliphatic carbocycles. The zero-order valence-electron chi connectivity index (χ0n) is 18.6. The van der Waals surface area contributed by atoms with Crippen LogP contribution in [0.5, 0.6) is 0 Å². The number of halogens is 3. The number of rotatable bonds is 10. The van der Waals surface area contributed by atoms with Gasteiger partial charge in [-0.15, -0.1) is 5.10 Å². The molecule has 11 nitrogen and oxygen atoms in total. The zero-order valence-corrected chi connectivity index (χ0v) is 18.6. The number of hydrogen-bond acceptors (Lipinski definition) is 9. The van der Waals surface area contributed by atoms with Crippen LogP contribution in [-0.4, -0.2) is 55.4 Å². The zero-order chi connectivity index (χ0) is 24.7. The van der Waals surface area contributed by atoms with Crippen LogP contribution in [0.1, 0.15) is 54.0 Å². The number of nitrogen functional groups attached to an aromatic ring is 1. The summed E-state index contributed by atoms with van der Waals surface area (Å²) in [5.41, 5.74) is 8.11. The highest BCUT2D eigenvalue weighted by Gasteiger charge is 2.30. The van der Waals surface area contributed by atoms with E-state index in [1.165, 1.54) is 23.0 Å². The van der Waals surface area contributed by atoms with Crippen molar-refractivity contribution < 1.29 is 22.6 Å². The average molecular weight is 479 g/mol. The molecule has 3 aromatic rings. The summed E-state index contributed by atoms with van der Waals surface area (Å²) in [7, 11) is 0. The molecule has 0 aliphatic heterocycles. The highest BCUT2D eigenvalue weighted by Crippen LogP contribution is 2.28. The molecule has 0 radical (unpaired) electrons. The number of nitrogens with two attached hydrogens (primary N) is 1. The normalized spacial score (nSPS) is 12.1. The molecule has 0 unspecified atom stereocenters. The Morgan fingerprint density at radius 2 is 1.88 bits per heavy atom. The molecule has 0 saturated heterocycles. The number of hydrazone groups is 1. The third-order valence-corrected chi connectivity index (χ3v) is 4.75. The van der Waals surface area contributed by atoms with Crippen LogP contribution in [0, 0.1) is 0 Å². The van der Waals surface area contributed by atoms with Gasteiger partial charge >= 0.3 is 6.18 Å². The number of amides is 1. The van der Waals surface area contributed by atoms with Gasteiger partial charge in [0.05, 0.1) is 17.5 Å². The summed E-state index contributed by atoms with van der Waals surface area (Å²) in [5, 5.41) is 19.1. The van der Waals surface area contributed by atoms with E-state index in [1.54, 1.807) is 0 Å². The van der Waals surface area contributed by atoms with E-state index in [2.05, 4.69) is 40.7 Å². The number of nitrogens with zero attached hydrogens (tertiary/aromatic N) is 7. The molecule has 0 saturated carbocycles. The summed E-state index contributed by atoms with van der Waals surface area (Å²) in [4.78, 5) is 14.9. The monoisotopic (exact) mass is 479 g/mol. The first kappa shape index (κ1) is 24.8. The van der Waals surface area contributed by atoms with Crippen molar-refractivity contribution in [3.8, 4) is 5.82 Å². The van der Waals surface area contributed by atoms with Crippen molar-refractivity contribution in [1.82, 2.24) is 35.6 Å². The van der Waals surface area contributed by atoms with Gasteiger partial charge in [-0.25, -0.2) is 10.1 Å². The maximum Gasteiger partial charge on any atom is 0.416 e. The summed E-state index contributed by atoms with van der Waals surface area (Å²) in [6.07, 6.45) is -1.41.